The Labute approximate surface area is 135 Å². The number of benzene rings is 1. The Morgan fingerprint density at radius 2 is 2.04 bits per heavy atom. The number of nitrogens with zero attached hydrogens (tertiary/aromatic N) is 4. The molecule has 0 atom stereocenters. The third-order valence-corrected chi connectivity index (χ3v) is 3.20. The number of rotatable bonds is 4. The van der Waals surface area contributed by atoms with E-state index in [0.29, 0.717) is 10.7 Å². The molecule has 3 aromatic rings. The third-order valence-electron chi connectivity index (χ3n) is 2.98. The van der Waals surface area contributed by atoms with Crippen LogP contribution in [0.2, 0.25) is 5.02 Å². The second-order valence-electron chi connectivity index (χ2n) is 4.47. The number of tetrazole rings is 1. The molecule has 0 spiro atoms. The van der Waals surface area contributed by atoms with Crippen LogP contribution in [0.3, 0.4) is 0 Å². The quantitative estimate of drug-likeness (QED) is 0.759. The molecule has 2 N–H and O–H groups in total. The van der Waals surface area contributed by atoms with Crippen molar-refractivity contribution in [3.8, 4) is 17.0 Å². The molecule has 0 aliphatic heterocycles. The van der Waals surface area contributed by atoms with Crippen LogP contribution in [0.15, 0.2) is 36.4 Å². The van der Waals surface area contributed by atoms with Crippen molar-refractivity contribution in [2.75, 3.05) is 12.4 Å². The Bertz CT molecular complexity index is 820. The van der Waals surface area contributed by atoms with Crippen LogP contribution in [0.4, 0.5) is 5.95 Å². The molecule has 2 aromatic heterocycles. The topological polar surface area (TPSA) is 106 Å². The van der Waals surface area contributed by atoms with E-state index in [1.54, 1.807) is 25.3 Å². The van der Waals surface area contributed by atoms with Gasteiger partial charge in [-0.2, -0.15) is 5.21 Å². The molecule has 0 fully saturated rings. The van der Waals surface area contributed by atoms with Gasteiger partial charge in [0.1, 0.15) is 11.4 Å². The number of H-pyrrole nitrogens is 1. The van der Waals surface area contributed by atoms with Gasteiger partial charge in [-0.1, -0.05) is 16.7 Å². The van der Waals surface area contributed by atoms with Crippen molar-refractivity contribution in [3.63, 3.8) is 0 Å². The summed E-state index contributed by atoms with van der Waals surface area (Å²) in [5.41, 5.74) is 1.52. The maximum Gasteiger partial charge on any atom is 0.276 e. The highest BCUT2D eigenvalue weighted by atomic mass is 35.5. The molecule has 23 heavy (non-hydrogen) atoms. The van der Waals surface area contributed by atoms with Crippen molar-refractivity contribution < 1.29 is 9.53 Å². The maximum atomic E-state index is 12.2. The molecule has 0 saturated heterocycles. The lowest BCUT2D eigenvalue weighted by Gasteiger charge is -2.06. The predicted octanol–water partition coefficient (Wildman–Crippen LogP) is 2.18. The van der Waals surface area contributed by atoms with Gasteiger partial charge < -0.3 is 4.74 Å². The van der Waals surface area contributed by atoms with Crippen LogP contribution in [0.1, 0.15) is 10.5 Å². The van der Waals surface area contributed by atoms with Crippen LogP contribution in [0, 0.1) is 0 Å². The average molecular weight is 331 g/mol. The highest BCUT2D eigenvalue weighted by molar-refractivity contribution is 6.31. The summed E-state index contributed by atoms with van der Waals surface area (Å²) in [6, 6.07) is 10.4. The zero-order valence-electron chi connectivity index (χ0n) is 11.9. The van der Waals surface area contributed by atoms with Crippen molar-refractivity contribution in [2.45, 2.75) is 0 Å². The zero-order chi connectivity index (χ0) is 16.2. The van der Waals surface area contributed by atoms with E-state index in [2.05, 4.69) is 30.9 Å². The molecule has 2 heterocycles. The van der Waals surface area contributed by atoms with Crippen LogP contribution in [-0.4, -0.2) is 38.6 Å². The predicted molar refractivity (Wildman–Crippen MR) is 83.4 cm³/mol. The van der Waals surface area contributed by atoms with E-state index in [9.17, 15) is 4.79 Å². The van der Waals surface area contributed by atoms with Crippen LogP contribution in [0.25, 0.3) is 11.3 Å². The molecular formula is C14H11ClN6O2. The third kappa shape index (κ3) is 3.43. The Hall–Kier alpha value is -3.00. The van der Waals surface area contributed by atoms with E-state index < -0.39 is 5.91 Å². The minimum Gasteiger partial charge on any atom is -0.497 e. The summed E-state index contributed by atoms with van der Waals surface area (Å²) in [5.74, 6) is 0.303. The molecular weight excluding hydrogens is 320 g/mol. The van der Waals surface area contributed by atoms with Gasteiger partial charge in [0.2, 0.25) is 0 Å². The number of carbonyl (C=O) groups is 1. The van der Waals surface area contributed by atoms with Gasteiger partial charge in [-0.25, -0.2) is 4.98 Å². The van der Waals surface area contributed by atoms with Gasteiger partial charge in [0.05, 0.1) is 12.8 Å². The van der Waals surface area contributed by atoms with Gasteiger partial charge in [0.25, 0.3) is 11.9 Å². The standard InChI is InChI=1S/C14H11ClN6O2/c1-23-10-4-2-8(3-5-10)11-6-9(15)7-12(16-11)13(22)17-14-18-20-21-19-14/h2-7H,1H3,(H2,17,18,19,20,21,22). The van der Waals surface area contributed by atoms with Crippen molar-refractivity contribution in [1.82, 2.24) is 25.6 Å². The summed E-state index contributed by atoms with van der Waals surface area (Å²) in [4.78, 5) is 16.5. The molecule has 1 aromatic carbocycles. The summed E-state index contributed by atoms with van der Waals surface area (Å²) in [6.07, 6.45) is 0. The molecule has 0 aliphatic carbocycles. The second-order valence-corrected chi connectivity index (χ2v) is 4.91. The van der Waals surface area contributed by atoms with E-state index >= 15 is 0 Å². The Kier molecular flexibility index (Phi) is 4.15. The van der Waals surface area contributed by atoms with Gasteiger partial charge in [0, 0.05) is 10.6 Å². The van der Waals surface area contributed by atoms with Gasteiger partial charge in [-0.05, 0) is 41.6 Å². The minimum atomic E-state index is -0.483. The van der Waals surface area contributed by atoms with Gasteiger partial charge in [0.15, 0.2) is 0 Å². The van der Waals surface area contributed by atoms with Crippen LogP contribution in [-0.2, 0) is 0 Å². The molecule has 8 nitrogen and oxygen atoms in total. The Balaban J connectivity index is 1.90. The number of anilines is 1. The fraction of sp³-hybridized carbons (Fsp3) is 0.0714. The van der Waals surface area contributed by atoms with E-state index in [4.69, 9.17) is 16.3 Å². The van der Waals surface area contributed by atoms with Crippen molar-refractivity contribution in [3.05, 3.63) is 47.1 Å². The number of methoxy groups -OCH3 is 1. The Morgan fingerprint density at radius 1 is 1.26 bits per heavy atom. The summed E-state index contributed by atoms with van der Waals surface area (Å²) in [6.45, 7) is 0. The van der Waals surface area contributed by atoms with Crippen molar-refractivity contribution >= 4 is 23.5 Å². The highest BCUT2D eigenvalue weighted by Gasteiger charge is 2.13. The lowest BCUT2D eigenvalue weighted by molar-refractivity contribution is 0.102. The number of amides is 1. The second kappa shape index (κ2) is 6.41. The molecule has 0 bridgehead atoms. The number of aromatic amines is 1. The van der Waals surface area contributed by atoms with Crippen LogP contribution in [0.5, 0.6) is 5.75 Å². The SMILES string of the molecule is COc1ccc(-c2cc(Cl)cc(C(=O)Nc3nn[nH]n3)n2)cc1. The highest BCUT2D eigenvalue weighted by Crippen LogP contribution is 2.24. The van der Waals surface area contributed by atoms with Gasteiger partial charge in [-0.15, -0.1) is 5.10 Å². The largest absolute Gasteiger partial charge is 0.497 e. The number of halogens is 1. The summed E-state index contributed by atoms with van der Waals surface area (Å²) < 4.78 is 5.12. The van der Waals surface area contributed by atoms with Crippen molar-refractivity contribution in [1.29, 1.82) is 0 Å². The number of ether oxygens (including phenoxy) is 1. The van der Waals surface area contributed by atoms with Crippen LogP contribution >= 0.6 is 11.6 Å². The minimum absolute atomic E-state index is 0.0581. The molecule has 116 valence electrons. The molecule has 9 heteroatoms. The molecule has 0 unspecified atom stereocenters. The van der Waals surface area contributed by atoms with E-state index in [1.807, 2.05) is 12.1 Å². The fourth-order valence-corrected chi connectivity index (χ4v) is 2.11. The summed E-state index contributed by atoms with van der Waals surface area (Å²) in [7, 11) is 1.59. The van der Waals surface area contributed by atoms with Crippen LogP contribution < -0.4 is 10.1 Å². The molecule has 0 radical (unpaired) electrons. The van der Waals surface area contributed by atoms with E-state index in [1.165, 1.54) is 6.07 Å². The number of hydrogen-bond donors (Lipinski definition) is 2. The molecule has 1 amide bonds. The molecule has 0 aliphatic rings. The van der Waals surface area contributed by atoms with E-state index in [0.717, 1.165) is 11.3 Å². The lowest BCUT2D eigenvalue weighted by atomic mass is 10.1. The number of nitrogens with one attached hydrogen (secondary N) is 2. The number of hydrogen-bond acceptors (Lipinski definition) is 6. The normalized spacial score (nSPS) is 10.3. The number of carbonyl (C=O) groups excluding carboxylic acids is 1. The first-order chi connectivity index (χ1) is 11.2. The summed E-state index contributed by atoms with van der Waals surface area (Å²) in [5, 5.41) is 15.8. The summed E-state index contributed by atoms with van der Waals surface area (Å²) >= 11 is 6.09. The van der Waals surface area contributed by atoms with E-state index in [-0.39, 0.29) is 11.6 Å². The number of pyridine rings is 1. The zero-order valence-corrected chi connectivity index (χ0v) is 12.7. The monoisotopic (exact) mass is 330 g/mol. The molecule has 0 saturated carbocycles. The average Bonchev–Trinajstić information content (AvgIpc) is 3.07. The smallest absolute Gasteiger partial charge is 0.276 e. The molecule has 3 rings (SSSR count). The van der Waals surface area contributed by atoms with Gasteiger partial charge in [-0.3, -0.25) is 10.1 Å². The van der Waals surface area contributed by atoms with Gasteiger partial charge >= 0.3 is 0 Å². The lowest BCUT2D eigenvalue weighted by Crippen LogP contribution is -2.15. The number of aromatic nitrogens is 5. The first kappa shape index (κ1) is 14.9. The first-order valence-corrected chi connectivity index (χ1v) is 6.90. The first-order valence-electron chi connectivity index (χ1n) is 6.52. The maximum absolute atomic E-state index is 12.2. The van der Waals surface area contributed by atoms with Crippen molar-refractivity contribution in [2.24, 2.45) is 0 Å². The Morgan fingerprint density at radius 3 is 2.70 bits per heavy atom. The fourth-order valence-electron chi connectivity index (χ4n) is 1.90.